The van der Waals surface area contributed by atoms with E-state index >= 15 is 0 Å². The Kier molecular flexibility index (Phi) is 5.36. The van der Waals surface area contributed by atoms with Crippen LogP contribution in [0, 0.1) is 11.3 Å². The van der Waals surface area contributed by atoms with Gasteiger partial charge in [-0.25, -0.2) is 9.97 Å². The molecule has 124 valence electrons. The lowest BCUT2D eigenvalue weighted by molar-refractivity contribution is -0.154. The Hall–Kier alpha value is -2.37. The maximum Gasteiger partial charge on any atom is 0.397 e. The van der Waals surface area contributed by atoms with E-state index in [-0.39, 0.29) is 23.7 Å². The van der Waals surface area contributed by atoms with Gasteiger partial charge in [0.1, 0.15) is 18.6 Å². The molecule has 1 N–H and O–H groups in total. The van der Waals surface area contributed by atoms with E-state index < -0.39 is 18.5 Å². The predicted octanol–water partition coefficient (Wildman–Crippen LogP) is 2.11. The molecule has 0 aromatic carbocycles. The second-order valence-corrected chi connectivity index (χ2v) is 5.27. The van der Waals surface area contributed by atoms with Crippen molar-refractivity contribution in [2.45, 2.75) is 50.4 Å². The van der Waals surface area contributed by atoms with E-state index in [9.17, 15) is 18.0 Å². The molecule has 1 heterocycles. The zero-order valence-electron chi connectivity index (χ0n) is 12.1. The number of rotatable bonds is 4. The highest BCUT2D eigenvalue weighted by molar-refractivity contribution is 5.76. The maximum absolute atomic E-state index is 12.1. The lowest BCUT2D eigenvalue weighted by atomic mass is 9.93. The monoisotopic (exact) mass is 328 g/mol. The Balaban J connectivity index is 1.80. The van der Waals surface area contributed by atoms with Gasteiger partial charge in [-0.15, -0.1) is 0 Å². The van der Waals surface area contributed by atoms with Crippen LogP contribution in [-0.4, -0.2) is 34.2 Å². The summed E-state index contributed by atoms with van der Waals surface area (Å²) < 4.78 is 42.0. The van der Waals surface area contributed by atoms with E-state index in [1.165, 1.54) is 12.4 Å². The van der Waals surface area contributed by atoms with Crippen molar-refractivity contribution >= 4 is 5.91 Å². The summed E-state index contributed by atoms with van der Waals surface area (Å²) in [7, 11) is 0. The number of carbonyl (C=O) groups excluding carboxylic acids is 1. The summed E-state index contributed by atoms with van der Waals surface area (Å²) in [5.74, 6) is -0.859. The minimum Gasteiger partial charge on any atom is -0.472 e. The second-order valence-electron chi connectivity index (χ2n) is 5.27. The highest BCUT2D eigenvalue weighted by Gasteiger charge is 2.33. The quantitative estimate of drug-likeness (QED) is 0.914. The Bertz CT molecular complexity index is 592. The van der Waals surface area contributed by atoms with Crippen LogP contribution in [0.2, 0.25) is 0 Å². The van der Waals surface area contributed by atoms with Crippen LogP contribution >= 0.6 is 0 Å². The van der Waals surface area contributed by atoms with Crippen molar-refractivity contribution in [2.24, 2.45) is 0 Å². The van der Waals surface area contributed by atoms with Gasteiger partial charge >= 0.3 is 6.18 Å². The van der Waals surface area contributed by atoms with Gasteiger partial charge < -0.3 is 10.1 Å². The molecule has 1 aliphatic carbocycles. The van der Waals surface area contributed by atoms with Gasteiger partial charge in [0.2, 0.25) is 11.6 Å². The third-order valence-electron chi connectivity index (χ3n) is 3.45. The molecule has 1 aromatic rings. The summed E-state index contributed by atoms with van der Waals surface area (Å²) in [6.07, 6.45) is -1.23. The molecule has 0 atom stereocenters. The predicted molar refractivity (Wildman–Crippen MR) is 72.2 cm³/mol. The third kappa shape index (κ3) is 5.39. The van der Waals surface area contributed by atoms with Gasteiger partial charge in [0.25, 0.3) is 5.88 Å². The molecule has 9 heteroatoms. The number of amides is 1. The minimum absolute atomic E-state index is 0.0908. The minimum atomic E-state index is -4.50. The summed E-state index contributed by atoms with van der Waals surface area (Å²) in [6, 6.07) is 1.59. The molecule has 1 fully saturated rings. The molecule has 2 rings (SSSR count). The third-order valence-corrected chi connectivity index (χ3v) is 3.45. The maximum atomic E-state index is 12.1. The SMILES string of the molecule is N#Cc1nccnc1OC1CCC(NC(=O)CC(F)(F)F)CC1. The standard InChI is InChI=1S/C14H15F3N4O2/c15-14(16,17)7-12(22)21-9-1-3-10(4-2-9)23-13-11(8-18)19-5-6-20-13/h5-6,9-10H,1-4,7H2,(H,21,22). The van der Waals surface area contributed by atoms with Crippen LogP contribution in [0.4, 0.5) is 13.2 Å². The number of hydrogen-bond donors (Lipinski definition) is 1. The molecular formula is C14H15F3N4O2. The number of ether oxygens (including phenoxy) is 1. The lowest BCUT2D eigenvalue weighted by Crippen LogP contribution is -2.41. The van der Waals surface area contributed by atoms with E-state index in [4.69, 9.17) is 10.00 Å². The van der Waals surface area contributed by atoms with Gasteiger partial charge in [-0.1, -0.05) is 0 Å². The van der Waals surface area contributed by atoms with Gasteiger partial charge in [0, 0.05) is 18.4 Å². The molecule has 1 amide bonds. The van der Waals surface area contributed by atoms with Crippen molar-refractivity contribution in [2.75, 3.05) is 0 Å². The van der Waals surface area contributed by atoms with E-state index in [0.29, 0.717) is 25.7 Å². The summed E-state index contributed by atoms with van der Waals surface area (Å²) >= 11 is 0. The van der Waals surface area contributed by atoms with Crippen LogP contribution in [0.3, 0.4) is 0 Å². The Morgan fingerprint density at radius 1 is 1.30 bits per heavy atom. The zero-order chi connectivity index (χ0) is 16.9. The lowest BCUT2D eigenvalue weighted by Gasteiger charge is -2.29. The number of halogens is 3. The van der Waals surface area contributed by atoms with Gasteiger partial charge in [-0.3, -0.25) is 4.79 Å². The Morgan fingerprint density at radius 2 is 1.96 bits per heavy atom. The van der Waals surface area contributed by atoms with Crippen molar-refractivity contribution < 1.29 is 22.7 Å². The number of nitriles is 1. The van der Waals surface area contributed by atoms with Crippen molar-refractivity contribution in [1.82, 2.24) is 15.3 Å². The van der Waals surface area contributed by atoms with E-state index in [2.05, 4.69) is 15.3 Å². The van der Waals surface area contributed by atoms with Crippen molar-refractivity contribution in [3.05, 3.63) is 18.1 Å². The highest BCUT2D eigenvalue weighted by atomic mass is 19.4. The number of nitrogens with zero attached hydrogens (tertiary/aromatic N) is 3. The molecule has 1 aromatic heterocycles. The normalized spacial score (nSPS) is 21.3. The van der Waals surface area contributed by atoms with E-state index in [1.807, 2.05) is 6.07 Å². The van der Waals surface area contributed by atoms with E-state index in [1.54, 1.807) is 0 Å². The highest BCUT2D eigenvalue weighted by Crippen LogP contribution is 2.25. The largest absolute Gasteiger partial charge is 0.472 e. The van der Waals surface area contributed by atoms with Crippen LogP contribution in [0.25, 0.3) is 0 Å². The van der Waals surface area contributed by atoms with Crippen LogP contribution in [0.5, 0.6) is 5.88 Å². The molecular weight excluding hydrogens is 313 g/mol. The first-order valence-corrected chi connectivity index (χ1v) is 7.11. The van der Waals surface area contributed by atoms with Crippen LogP contribution in [0.1, 0.15) is 37.8 Å². The Labute approximate surface area is 130 Å². The molecule has 0 radical (unpaired) electrons. The zero-order valence-corrected chi connectivity index (χ0v) is 12.1. The average molecular weight is 328 g/mol. The van der Waals surface area contributed by atoms with Crippen molar-refractivity contribution in [1.29, 1.82) is 5.26 Å². The molecule has 23 heavy (non-hydrogen) atoms. The fourth-order valence-electron chi connectivity index (χ4n) is 2.43. The summed E-state index contributed by atoms with van der Waals surface area (Å²) in [5, 5.41) is 11.3. The smallest absolute Gasteiger partial charge is 0.397 e. The molecule has 1 aliphatic rings. The summed E-state index contributed by atoms with van der Waals surface area (Å²) in [6.45, 7) is 0. The molecule has 0 unspecified atom stereocenters. The summed E-state index contributed by atoms with van der Waals surface area (Å²) in [5.41, 5.74) is 0.0908. The topological polar surface area (TPSA) is 87.9 Å². The van der Waals surface area contributed by atoms with Crippen LogP contribution in [-0.2, 0) is 4.79 Å². The molecule has 1 saturated carbocycles. The first-order chi connectivity index (χ1) is 10.9. The summed E-state index contributed by atoms with van der Waals surface area (Å²) in [4.78, 5) is 19.1. The number of hydrogen-bond acceptors (Lipinski definition) is 5. The molecule has 0 saturated heterocycles. The van der Waals surface area contributed by atoms with Gasteiger partial charge in [-0.05, 0) is 25.7 Å². The van der Waals surface area contributed by atoms with Crippen LogP contribution in [0.15, 0.2) is 12.4 Å². The molecule has 0 spiro atoms. The Morgan fingerprint density at radius 3 is 2.57 bits per heavy atom. The number of nitrogens with one attached hydrogen (secondary N) is 1. The van der Waals surface area contributed by atoms with Gasteiger partial charge in [0.15, 0.2) is 0 Å². The fraction of sp³-hybridized carbons (Fsp3) is 0.571. The average Bonchev–Trinajstić information content (AvgIpc) is 2.48. The van der Waals surface area contributed by atoms with Crippen LogP contribution < -0.4 is 10.1 Å². The molecule has 0 aliphatic heterocycles. The fourth-order valence-corrected chi connectivity index (χ4v) is 2.43. The second kappa shape index (κ2) is 7.26. The van der Waals surface area contributed by atoms with Gasteiger partial charge in [0.05, 0.1) is 0 Å². The van der Waals surface area contributed by atoms with Crippen molar-refractivity contribution in [3.63, 3.8) is 0 Å². The van der Waals surface area contributed by atoms with Gasteiger partial charge in [-0.2, -0.15) is 18.4 Å². The first kappa shape index (κ1) is 17.0. The van der Waals surface area contributed by atoms with Crippen molar-refractivity contribution in [3.8, 4) is 11.9 Å². The number of aromatic nitrogens is 2. The molecule has 6 nitrogen and oxygen atoms in total. The first-order valence-electron chi connectivity index (χ1n) is 7.11. The van der Waals surface area contributed by atoms with E-state index in [0.717, 1.165) is 0 Å². The number of carbonyl (C=O) groups is 1. The number of alkyl halides is 3. The molecule has 0 bridgehead atoms.